The Hall–Kier alpha value is -6.15. The number of methoxy groups -OCH3 is 1. The molecular formula is C32H27ClN8O6. The predicted octanol–water partition coefficient (Wildman–Crippen LogP) is 3.92. The number of carboxylic acid groups (broad SMARTS) is 1. The number of aliphatic carboxylic acids is 1. The molecule has 15 heteroatoms. The summed E-state index contributed by atoms with van der Waals surface area (Å²) in [5, 5.41) is 31.0. The van der Waals surface area contributed by atoms with E-state index in [0.29, 0.717) is 27.5 Å². The van der Waals surface area contributed by atoms with Gasteiger partial charge in [0.1, 0.15) is 12.9 Å². The van der Waals surface area contributed by atoms with E-state index in [-0.39, 0.29) is 17.7 Å². The van der Waals surface area contributed by atoms with Gasteiger partial charge in [-0.25, -0.2) is 9.48 Å². The van der Waals surface area contributed by atoms with Crippen molar-refractivity contribution in [3.05, 3.63) is 123 Å². The van der Waals surface area contributed by atoms with E-state index in [1.807, 2.05) is 30.3 Å². The zero-order valence-electron chi connectivity index (χ0n) is 24.8. The highest BCUT2D eigenvalue weighted by atomic mass is 35.5. The van der Waals surface area contributed by atoms with Crippen LogP contribution in [0, 0.1) is 0 Å². The monoisotopic (exact) mass is 654 g/mol. The van der Waals surface area contributed by atoms with Gasteiger partial charge in [-0.15, -0.1) is 5.10 Å². The summed E-state index contributed by atoms with van der Waals surface area (Å²) in [6.07, 6.45) is 3.90. The maximum absolute atomic E-state index is 13.4. The summed E-state index contributed by atoms with van der Waals surface area (Å²) in [5.41, 5.74) is 2.62. The summed E-state index contributed by atoms with van der Waals surface area (Å²) in [4.78, 5) is 50.1. The number of hydrogen-bond acceptors (Lipinski definition) is 9. The van der Waals surface area contributed by atoms with E-state index in [1.165, 1.54) is 30.3 Å². The fourth-order valence-electron chi connectivity index (χ4n) is 4.68. The van der Waals surface area contributed by atoms with Crippen LogP contribution in [0.3, 0.4) is 0 Å². The highest BCUT2D eigenvalue weighted by Crippen LogP contribution is 2.24. The number of rotatable bonds is 11. The molecule has 0 aliphatic rings. The summed E-state index contributed by atoms with van der Waals surface area (Å²) in [5.74, 6) is -1.77. The minimum Gasteiger partial charge on any atom is -0.480 e. The number of tetrazole rings is 1. The Morgan fingerprint density at radius 1 is 1.04 bits per heavy atom. The van der Waals surface area contributed by atoms with Gasteiger partial charge in [0.2, 0.25) is 5.91 Å². The van der Waals surface area contributed by atoms with Gasteiger partial charge in [-0.05, 0) is 70.4 Å². The van der Waals surface area contributed by atoms with Crippen molar-refractivity contribution in [3.8, 4) is 16.8 Å². The van der Waals surface area contributed by atoms with Crippen LogP contribution in [0.1, 0.15) is 22.9 Å². The number of nitrogens with zero attached hydrogens (tertiary/aromatic N) is 6. The summed E-state index contributed by atoms with van der Waals surface area (Å²) in [6, 6.07) is 21.4. The molecule has 14 nitrogen and oxygen atoms in total. The number of aromatic nitrogens is 6. The molecule has 238 valence electrons. The number of carbonyl (C=O) groups is 3. The SMILES string of the molecule is COC(=O)Nc1ccc(-c2cc(C(Cc3ccccc3)NC(=O)C=Cc3cc(Cl)ccc3-n3cnnn3)nn(CC(=O)O)c2=O)cc1. The summed E-state index contributed by atoms with van der Waals surface area (Å²) in [6.45, 7) is -0.706. The van der Waals surface area contributed by atoms with Gasteiger partial charge in [-0.1, -0.05) is 54.1 Å². The zero-order valence-corrected chi connectivity index (χ0v) is 25.5. The van der Waals surface area contributed by atoms with Crippen LogP contribution >= 0.6 is 11.6 Å². The van der Waals surface area contributed by atoms with Crippen LogP contribution in [0.2, 0.25) is 5.02 Å². The van der Waals surface area contributed by atoms with Crippen LogP contribution in [0.15, 0.2) is 96.1 Å². The molecule has 0 bridgehead atoms. The molecule has 5 rings (SSSR count). The van der Waals surface area contributed by atoms with Crippen molar-refractivity contribution in [2.75, 3.05) is 12.4 Å². The van der Waals surface area contributed by atoms with Crippen molar-refractivity contribution in [1.82, 2.24) is 35.3 Å². The van der Waals surface area contributed by atoms with Crippen LogP contribution < -0.4 is 16.2 Å². The molecule has 0 fully saturated rings. The number of benzene rings is 3. The summed E-state index contributed by atoms with van der Waals surface area (Å²) in [7, 11) is 1.23. The van der Waals surface area contributed by atoms with E-state index in [1.54, 1.807) is 48.5 Å². The van der Waals surface area contributed by atoms with Gasteiger partial charge >= 0.3 is 12.1 Å². The number of ether oxygens (including phenoxy) is 1. The van der Waals surface area contributed by atoms with E-state index >= 15 is 0 Å². The molecule has 0 aliphatic carbocycles. The number of halogens is 1. The molecule has 0 radical (unpaired) electrons. The van der Waals surface area contributed by atoms with E-state index < -0.39 is 36.1 Å². The lowest BCUT2D eigenvalue weighted by Gasteiger charge is -2.20. The standard InChI is InChI=1S/C32H27ClN8O6/c1-47-32(46)35-24-11-7-21(8-12-24)25-17-27(37-40(31(25)45)18-30(43)44)26(15-20-5-3-2-4-6-20)36-29(42)14-9-22-16-23(33)10-13-28(22)41-19-34-38-39-41/h2-14,16-17,19,26H,15,18H2,1H3,(H,35,46)(H,36,42)(H,43,44). The second-order valence-corrected chi connectivity index (χ2v) is 10.5. The molecule has 47 heavy (non-hydrogen) atoms. The van der Waals surface area contributed by atoms with Crippen molar-refractivity contribution in [3.63, 3.8) is 0 Å². The van der Waals surface area contributed by atoms with Gasteiger partial charge in [0.25, 0.3) is 5.56 Å². The summed E-state index contributed by atoms with van der Waals surface area (Å²) < 4.78 is 6.89. The number of amides is 2. The van der Waals surface area contributed by atoms with Gasteiger partial charge in [0, 0.05) is 22.3 Å². The third-order valence-electron chi connectivity index (χ3n) is 6.86. The first kappa shape index (κ1) is 32.2. The predicted molar refractivity (Wildman–Crippen MR) is 172 cm³/mol. The lowest BCUT2D eigenvalue weighted by molar-refractivity contribution is -0.138. The lowest BCUT2D eigenvalue weighted by Crippen LogP contribution is -2.34. The molecule has 3 aromatic carbocycles. The third-order valence-corrected chi connectivity index (χ3v) is 7.10. The number of anilines is 1. The molecule has 2 heterocycles. The third kappa shape index (κ3) is 8.32. The lowest BCUT2D eigenvalue weighted by atomic mass is 10.00. The van der Waals surface area contributed by atoms with E-state index in [4.69, 9.17) is 11.6 Å². The fourth-order valence-corrected chi connectivity index (χ4v) is 4.86. The molecule has 5 aromatic rings. The van der Waals surface area contributed by atoms with E-state index in [9.17, 15) is 24.3 Å². The number of carboxylic acids is 1. The Kier molecular flexibility index (Phi) is 10.1. The van der Waals surface area contributed by atoms with Crippen LogP contribution in [0.5, 0.6) is 0 Å². The average Bonchev–Trinajstić information content (AvgIpc) is 3.60. The first-order valence-electron chi connectivity index (χ1n) is 14.0. The van der Waals surface area contributed by atoms with Crippen molar-refractivity contribution in [1.29, 1.82) is 0 Å². The Morgan fingerprint density at radius 2 is 1.81 bits per heavy atom. The number of hydrogen-bond donors (Lipinski definition) is 3. The second kappa shape index (κ2) is 14.8. The number of nitrogens with one attached hydrogen (secondary N) is 2. The minimum atomic E-state index is -1.27. The zero-order chi connectivity index (χ0) is 33.3. The fraction of sp³-hybridized carbons (Fsp3) is 0.125. The molecule has 0 saturated heterocycles. The van der Waals surface area contributed by atoms with E-state index in [2.05, 4.69) is 36.0 Å². The maximum atomic E-state index is 13.4. The van der Waals surface area contributed by atoms with Gasteiger partial charge in [0.15, 0.2) is 0 Å². The first-order valence-corrected chi connectivity index (χ1v) is 14.4. The van der Waals surface area contributed by atoms with Crippen LogP contribution in [-0.2, 0) is 27.3 Å². The average molecular weight is 655 g/mol. The Balaban J connectivity index is 1.51. The highest BCUT2D eigenvalue weighted by molar-refractivity contribution is 6.30. The van der Waals surface area contributed by atoms with Crippen molar-refractivity contribution in [2.24, 2.45) is 0 Å². The molecule has 0 spiro atoms. The molecule has 1 atom stereocenters. The van der Waals surface area contributed by atoms with Crippen LogP contribution in [0.4, 0.5) is 10.5 Å². The molecule has 2 aromatic heterocycles. The van der Waals surface area contributed by atoms with Crippen molar-refractivity contribution < 1.29 is 24.2 Å². The van der Waals surface area contributed by atoms with Crippen molar-refractivity contribution in [2.45, 2.75) is 19.0 Å². The largest absolute Gasteiger partial charge is 0.480 e. The summed E-state index contributed by atoms with van der Waals surface area (Å²) >= 11 is 6.22. The number of carbonyl (C=O) groups excluding carboxylic acids is 2. The van der Waals surface area contributed by atoms with Gasteiger partial charge in [0.05, 0.1) is 30.1 Å². The Labute approximate surface area is 272 Å². The van der Waals surface area contributed by atoms with Crippen LogP contribution in [-0.4, -0.2) is 60.2 Å². The molecular weight excluding hydrogens is 628 g/mol. The molecule has 0 saturated carbocycles. The van der Waals surface area contributed by atoms with E-state index in [0.717, 1.165) is 10.2 Å². The molecule has 3 N–H and O–H groups in total. The van der Waals surface area contributed by atoms with Crippen molar-refractivity contribution >= 4 is 41.3 Å². The highest BCUT2D eigenvalue weighted by Gasteiger charge is 2.21. The Morgan fingerprint density at radius 3 is 2.49 bits per heavy atom. The molecule has 2 amide bonds. The van der Waals surface area contributed by atoms with Gasteiger partial charge in [-0.3, -0.25) is 19.7 Å². The smallest absolute Gasteiger partial charge is 0.411 e. The Bertz CT molecular complexity index is 1980. The van der Waals surface area contributed by atoms with Gasteiger partial charge < -0.3 is 15.2 Å². The quantitative estimate of drug-likeness (QED) is 0.176. The minimum absolute atomic E-state index is 0.147. The van der Waals surface area contributed by atoms with Gasteiger partial charge in [-0.2, -0.15) is 9.78 Å². The topological polar surface area (TPSA) is 183 Å². The second-order valence-electron chi connectivity index (χ2n) is 10.1. The maximum Gasteiger partial charge on any atom is 0.411 e. The van der Waals surface area contributed by atoms with Crippen LogP contribution in [0.25, 0.3) is 22.9 Å². The molecule has 1 unspecified atom stereocenters. The normalized spacial score (nSPS) is 11.6. The molecule has 0 aliphatic heterocycles. The first-order chi connectivity index (χ1) is 22.7.